The molecule has 0 aromatic carbocycles. The maximum absolute atomic E-state index is 11.8. The third-order valence-corrected chi connectivity index (χ3v) is 3.81. The maximum atomic E-state index is 11.8. The van der Waals surface area contributed by atoms with Gasteiger partial charge in [-0.3, -0.25) is 4.21 Å². The fourth-order valence-corrected chi connectivity index (χ4v) is 2.15. The molecule has 0 radical (unpaired) electrons. The Balaban J connectivity index is 2.76. The van der Waals surface area contributed by atoms with Gasteiger partial charge in [0.1, 0.15) is 0 Å². The van der Waals surface area contributed by atoms with Gasteiger partial charge in [-0.1, -0.05) is 6.07 Å². The molecule has 1 aromatic heterocycles. The van der Waals surface area contributed by atoms with E-state index in [1.807, 2.05) is 19.1 Å². The molecule has 0 saturated carbocycles. The van der Waals surface area contributed by atoms with E-state index >= 15 is 0 Å². The molecule has 0 aliphatic rings. The molecule has 15 heavy (non-hydrogen) atoms. The van der Waals surface area contributed by atoms with E-state index in [1.54, 1.807) is 13.3 Å². The molecule has 5 heteroatoms. The number of aromatic nitrogens is 1. The first-order valence-corrected chi connectivity index (χ1v) is 6.12. The number of hydrogen-bond acceptors (Lipinski definition) is 4. The first kappa shape index (κ1) is 12.1. The average molecular weight is 228 g/mol. The second-order valence-electron chi connectivity index (χ2n) is 3.24. The van der Waals surface area contributed by atoms with Crippen LogP contribution in [0, 0.1) is 0 Å². The Bertz CT molecular complexity index is 344. The van der Waals surface area contributed by atoms with Crippen molar-refractivity contribution < 1.29 is 8.95 Å². The van der Waals surface area contributed by atoms with Crippen LogP contribution in [0.1, 0.15) is 12.5 Å². The van der Waals surface area contributed by atoms with Gasteiger partial charge in [-0.15, -0.1) is 0 Å². The van der Waals surface area contributed by atoms with Crippen molar-refractivity contribution in [3.8, 4) is 5.88 Å². The Hall–Kier alpha value is -0.940. The molecule has 0 aliphatic carbocycles. The molecular weight excluding hydrogens is 212 g/mol. The monoisotopic (exact) mass is 228 g/mol. The van der Waals surface area contributed by atoms with Gasteiger partial charge in [0, 0.05) is 34.4 Å². The van der Waals surface area contributed by atoms with Gasteiger partial charge in [-0.05, 0) is 13.0 Å². The van der Waals surface area contributed by atoms with E-state index in [2.05, 4.69) is 4.98 Å². The molecule has 2 N–H and O–H groups in total. The van der Waals surface area contributed by atoms with Crippen molar-refractivity contribution >= 4 is 10.8 Å². The summed E-state index contributed by atoms with van der Waals surface area (Å²) in [4.78, 5) is 4.05. The van der Waals surface area contributed by atoms with Crippen LogP contribution in [0.15, 0.2) is 18.3 Å². The van der Waals surface area contributed by atoms with Crippen molar-refractivity contribution in [1.29, 1.82) is 0 Å². The highest BCUT2D eigenvalue weighted by Crippen LogP contribution is 2.16. The molecule has 2 unspecified atom stereocenters. The van der Waals surface area contributed by atoms with E-state index in [9.17, 15) is 4.21 Å². The van der Waals surface area contributed by atoms with Gasteiger partial charge in [-0.25, -0.2) is 4.98 Å². The van der Waals surface area contributed by atoms with Gasteiger partial charge in [-0.2, -0.15) is 0 Å². The molecule has 1 rings (SSSR count). The number of methoxy groups -OCH3 is 1. The Morgan fingerprint density at radius 2 is 2.40 bits per heavy atom. The Kier molecular flexibility index (Phi) is 4.71. The normalized spacial score (nSPS) is 14.6. The summed E-state index contributed by atoms with van der Waals surface area (Å²) < 4.78 is 16.8. The number of ether oxygens (including phenoxy) is 1. The molecule has 0 saturated heterocycles. The van der Waals surface area contributed by atoms with E-state index < -0.39 is 10.8 Å². The fraction of sp³-hybridized carbons (Fsp3) is 0.500. The van der Waals surface area contributed by atoms with Gasteiger partial charge in [0.2, 0.25) is 5.88 Å². The van der Waals surface area contributed by atoms with Crippen molar-refractivity contribution in [2.24, 2.45) is 5.73 Å². The quantitative estimate of drug-likeness (QED) is 0.805. The van der Waals surface area contributed by atoms with E-state index in [1.165, 1.54) is 0 Å². The number of nitrogens with zero attached hydrogens (tertiary/aromatic N) is 1. The predicted molar refractivity (Wildman–Crippen MR) is 61.2 cm³/mol. The lowest BCUT2D eigenvalue weighted by molar-refractivity contribution is 0.394. The SMILES string of the molecule is COc1ncccc1CS(=O)C(C)CN. The first-order chi connectivity index (χ1) is 7.19. The van der Waals surface area contributed by atoms with E-state index in [0.29, 0.717) is 18.2 Å². The lowest BCUT2D eigenvalue weighted by Gasteiger charge is -2.10. The number of pyridine rings is 1. The average Bonchev–Trinajstić information content (AvgIpc) is 2.28. The van der Waals surface area contributed by atoms with Crippen molar-refractivity contribution in [2.45, 2.75) is 17.9 Å². The molecule has 2 atom stereocenters. The molecule has 0 fully saturated rings. The fourth-order valence-electron chi connectivity index (χ4n) is 1.12. The summed E-state index contributed by atoms with van der Waals surface area (Å²) in [6.45, 7) is 2.30. The van der Waals surface area contributed by atoms with Gasteiger partial charge in [0.25, 0.3) is 0 Å². The first-order valence-electron chi connectivity index (χ1n) is 4.74. The highest BCUT2D eigenvalue weighted by Gasteiger charge is 2.12. The predicted octanol–water partition coefficient (Wildman–Crippen LogP) is 0.686. The Morgan fingerprint density at radius 3 is 3.00 bits per heavy atom. The van der Waals surface area contributed by atoms with Crippen LogP contribution in [0.3, 0.4) is 0 Å². The van der Waals surface area contributed by atoms with Crippen molar-refractivity contribution in [3.63, 3.8) is 0 Å². The van der Waals surface area contributed by atoms with Crippen LogP contribution < -0.4 is 10.5 Å². The minimum Gasteiger partial charge on any atom is -0.481 e. The summed E-state index contributed by atoms with van der Waals surface area (Å²) in [5.41, 5.74) is 6.32. The molecule has 1 aromatic rings. The zero-order valence-electron chi connectivity index (χ0n) is 8.97. The highest BCUT2D eigenvalue weighted by atomic mass is 32.2. The van der Waals surface area contributed by atoms with E-state index in [4.69, 9.17) is 10.5 Å². The standard InChI is InChI=1S/C10H16N2O2S/c1-8(6-11)15(13)7-9-4-3-5-12-10(9)14-2/h3-5,8H,6-7,11H2,1-2H3. The molecule has 0 bridgehead atoms. The van der Waals surface area contributed by atoms with Crippen molar-refractivity contribution in [1.82, 2.24) is 4.98 Å². The van der Waals surface area contributed by atoms with Crippen molar-refractivity contribution in [3.05, 3.63) is 23.9 Å². The van der Waals surface area contributed by atoms with Gasteiger partial charge in [0.15, 0.2) is 0 Å². The van der Waals surface area contributed by atoms with Crippen LogP contribution in [-0.4, -0.2) is 28.1 Å². The third kappa shape index (κ3) is 3.28. The summed E-state index contributed by atoms with van der Waals surface area (Å²) in [6, 6.07) is 3.68. The van der Waals surface area contributed by atoms with Gasteiger partial charge >= 0.3 is 0 Å². The Labute approximate surface area is 92.3 Å². The highest BCUT2D eigenvalue weighted by molar-refractivity contribution is 7.84. The van der Waals surface area contributed by atoms with Crippen LogP contribution in [0.2, 0.25) is 0 Å². The van der Waals surface area contributed by atoms with Crippen LogP contribution in [0.25, 0.3) is 0 Å². The van der Waals surface area contributed by atoms with Crippen molar-refractivity contribution in [2.75, 3.05) is 13.7 Å². The third-order valence-electron chi connectivity index (χ3n) is 2.12. The summed E-state index contributed by atoms with van der Waals surface area (Å²) in [5, 5.41) is -0.00471. The largest absolute Gasteiger partial charge is 0.481 e. The van der Waals surface area contributed by atoms with Gasteiger partial charge in [0.05, 0.1) is 12.9 Å². The summed E-state index contributed by atoms with van der Waals surface area (Å²) in [5.74, 6) is 0.977. The minimum atomic E-state index is -0.973. The lowest BCUT2D eigenvalue weighted by atomic mass is 10.3. The molecule has 0 spiro atoms. The van der Waals surface area contributed by atoms with Gasteiger partial charge < -0.3 is 10.5 Å². The number of hydrogen-bond donors (Lipinski definition) is 1. The number of rotatable bonds is 5. The minimum absolute atomic E-state index is 0.00471. The maximum Gasteiger partial charge on any atom is 0.217 e. The molecule has 84 valence electrons. The summed E-state index contributed by atoms with van der Waals surface area (Å²) in [7, 11) is 0.584. The van der Waals surface area contributed by atoms with Crippen LogP contribution >= 0.6 is 0 Å². The van der Waals surface area contributed by atoms with E-state index in [0.717, 1.165) is 5.56 Å². The molecule has 0 aliphatic heterocycles. The number of nitrogens with two attached hydrogens (primary N) is 1. The van der Waals surface area contributed by atoms with Crippen LogP contribution in [0.5, 0.6) is 5.88 Å². The van der Waals surface area contributed by atoms with Crippen LogP contribution in [0.4, 0.5) is 0 Å². The zero-order valence-corrected chi connectivity index (χ0v) is 9.79. The topological polar surface area (TPSA) is 65.2 Å². The summed E-state index contributed by atoms with van der Waals surface area (Å²) in [6.07, 6.45) is 1.65. The lowest BCUT2D eigenvalue weighted by Crippen LogP contribution is -2.22. The molecule has 4 nitrogen and oxygen atoms in total. The Morgan fingerprint density at radius 1 is 1.67 bits per heavy atom. The molecule has 0 amide bonds. The smallest absolute Gasteiger partial charge is 0.217 e. The second kappa shape index (κ2) is 5.82. The van der Waals surface area contributed by atoms with E-state index in [-0.39, 0.29) is 5.25 Å². The second-order valence-corrected chi connectivity index (χ2v) is 5.10. The molecular formula is C10H16N2O2S. The van der Waals surface area contributed by atoms with Crippen LogP contribution in [-0.2, 0) is 16.6 Å². The zero-order chi connectivity index (χ0) is 11.3. The molecule has 1 heterocycles. The summed E-state index contributed by atoms with van der Waals surface area (Å²) >= 11 is 0.